The second-order valence-corrected chi connectivity index (χ2v) is 3.95. The van der Waals surface area contributed by atoms with E-state index < -0.39 is 12.0 Å². The van der Waals surface area contributed by atoms with Crippen LogP contribution in [0.15, 0.2) is 24.3 Å². The highest BCUT2D eigenvalue weighted by Gasteiger charge is 2.35. The quantitative estimate of drug-likeness (QED) is 0.843. The van der Waals surface area contributed by atoms with Gasteiger partial charge in [-0.2, -0.15) is 0 Å². The van der Waals surface area contributed by atoms with Gasteiger partial charge in [-0.1, -0.05) is 29.8 Å². The van der Waals surface area contributed by atoms with E-state index in [2.05, 4.69) is 5.32 Å². The molecule has 0 heterocycles. The molecule has 1 N–H and O–H groups in total. The van der Waals surface area contributed by atoms with Gasteiger partial charge in [-0.15, -0.1) is 0 Å². The molecule has 1 unspecified atom stereocenters. The van der Waals surface area contributed by atoms with Crippen LogP contribution in [0.4, 0.5) is 8.78 Å². The van der Waals surface area contributed by atoms with Crippen molar-refractivity contribution in [2.24, 2.45) is 0 Å². The van der Waals surface area contributed by atoms with Crippen molar-refractivity contribution in [3.05, 3.63) is 34.9 Å². The SMILES string of the molecule is CNC(C)C(F)(F)Cc1ccccc1Cl. The van der Waals surface area contributed by atoms with Gasteiger partial charge in [0, 0.05) is 11.4 Å². The molecule has 1 atom stereocenters. The fourth-order valence-electron chi connectivity index (χ4n) is 1.26. The maximum absolute atomic E-state index is 13.6. The zero-order valence-corrected chi connectivity index (χ0v) is 9.48. The monoisotopic (exact) mass is 233 g/mol. The van der Waals surface area contributed by atoms with E-state index in [1.165, 1.54) is 14.0 Å². The van der Waals surface area contributed by atoms with Crippen molar-refractivity contribution in [3.63, 3.8) is 0 Å². The number of hydrogen-bond donors (Lipinski definition) is 1. The van der Waals surface area contributed by atoms with Crippen LogP contribution in [0.5, 0.6) is 0 Å². The largest absolute Gasteiger partial charge is 0.312 e. The molecule has 1 aromatic carbocycles. The second kappa shape index (κ2) is 4.90. The van der Waals surface area contributed by atoms with Gasteiger partial charge < -0.3 is 5.32 Å². The Morgan fingerprint density at radius 3 is 2.53 bits per heavy atom. The minimum Gasteiger partial charge on any atom is -0.312 e. The minimum atomic E-state index is -2.79. The molecule has 0 aromatic heterocycles. The summed E-state index contributed by atoms with van der Waals surface area (Å²) in [6.45, 7) is 1.46. The van der Waals surface area contributed by atoms with Crippen molar-refractivity contribution < 1.29 is 8.78 Å². The summed E-state index contributed by atoms with van der Waals surface area (Å²) in [4.78, 5) is 0. The summed E-state index contributed by atoms with van der Waals surface area (Å²) in [6, 6.07) is 5.82. The Labute approximate surface area is 93.4 Å². The first kappa shape index (κ1) is 12.4. The first-order chi connectivity index (χ1) is 6.97. The molecule has 0 aliphatic rings. The van der Waals surface area contributed by atoms with Crippen molar-refractivity contribution in [3.8, 4) is 0 Å². The van der Waals surface area contributed by atoms with Crippen LogP contribution in [0.2, 0.25) is 5.02 Å². The third-order valence-corrected chi connectivity index (χ3v) is 2.82. The molecule has 0 aliphatic heterocycles. The molecule has 15 heavy (non-hydrogen) atoms. The first-order valence-electron chi connectivity index (χ1n) is 4.76. The average molecular weight is 234 g/mol. The second-order valence-electron chi connectivity index (χ2n) is 3.54. The number of rotatable bonds is 4. The Hall–Kier alpha value is -0.670. The van der Waals surface area contributed by atoms with Crippen LogP contribution in [0.1, 0.15) is 12.5 Å². The van der Waals surface area contributed by atoms with Gasteiger partial charge in [0.1, 0.15) is 0 Å². The van der Waals surface area contributed by atoms with Crippen molar-refractivity contribution >= 4 is 11.6 Å². The summed E-state index contributed by atoms with van der Waals surface area (Å²) in [5.41, 5.74) is 0.478. The zero-order valence-electron chi connectivity index (χ0n) is 8.73. The lowest BCUT2D eigenvalue weighted by molar-refractivity contribution is -0.0285. The minimum absolute atomic E-state index is 0.339. The number of nitrogens with one attached hydrogen (secondary N) is 1. The van der Waals surface area contributed by atoms with E-state index in [4.69, 9.17) is 11.6 Å². The van der Waals surface area contributed by atoms with E-state index in [-0.39, 0.29) is 6.42 Å². The van der Waals surface area contributed by atoms with Gasteiger partial charge in [-0.05, 0) is 25.6 Å². The number of alkyl halides is 2. The van der Waals surface area contributed by atoms with Crippen molar-refractivity contribution in [1.82, 2.24) is 5.32 Å². The Balaban J connectivity index is 2.81. The summed E-state index contributed by atoms with van der Waals surface area (Å²) in [6.07, 6.45) is -0.339. The molecule has 0 bridgehead atoms. The molecule has 0 aliphatic carbocycles. The fourth-order valence-corrected chi connectivity index (χ4v) is 1.46. The third-order valence-electron chi connectivity index (χ3n) is 2.45. The summed E-state index contributed by atoms with van der Waals surface area (Å²) in [5.74, 6) is -2.79. The van der Waals surface area contributed by atoms with Crippen LogP contribution in [-0.2, 0) is 6.42 Å². The van der Waals surface area contributed by atoms with Gasteiger partial charge in [0.25, 0.3) is 5.92 Å². The van der Waals surface area contributed by atoms with Crippen molar-refractivity contribution in [1.29, 1.82) is 0 Å². The average Bonchev–Trinajstić information content (AvgIpc) is 2.20. The third kappa shape index (κ3) is 3.14. The van der Waals surface area contributed by atoms with Crippen LogP contribution in [0.3, 0.4) is 0 Å². The molecule has 1 aromatic rings. The van der Waals surface area contributed by atoms with Crippen LogP contribution in [0, 0.1) is 0 Å². The smallest absolute Gasteiger partial charge is 0.266 e. The van der Waals surface area contributed by atoms with E-state index in [0.717, 1.165) is 0 Å². The highest BCUT2D eigenvalue weighted by Crippen LogP contribution is 2.27. The van der Waals surface area contributed by atoms with Gasteiger partial charge in [0.05, 0.1) is 6.04 Å². The predicted molar refractivity (Wildman–Crippen MR) is 58.6 cm³/mol. The Morgan fingerprint density at radius 2 is 2.00 bits per heavy atom. The lowest BCUT2D eigenvalue weighted by atomic mass is 10.0. The lowest BCUT2D eigenvalue weighted by Gasteiger charge is -2.23. The Morgan fingerprint density at radius 1 is 1.40 bits per heavy atom. The van der Waals surface area contributed by atoms with Crippen LogP contribution >= 0.6 is 11.6 Å². The molecular weight excluding hydrogens is 220 g/mol. The number of halogens is 3. The summed E-state index contributed by atoms with van der Waals surface area (Å²) < 4.78 is 27.1. The summed E-state index contributed by atoms with van der Waals surface area (Å²) >= 11 is 5.82. The molecule has 84 valence electrons. The van der Waals surface area contributed by atoms with Crippen LogP contribution < -0.4 is 5.32 Å². The molecule has 0 spiro atoms. The van der Waals surface area contributed by atoms with E-state index in [9.17, 15) is 8.78 Å². The molecule has 0 radical (unpaired) electrons. The highest BCUT2D eigenvalue weighted by molar-refractivity contribution is 6.31. The van der Waals surface area contributed by atoms with Crippen LogP contribution in [0.25, 0.3) is 0 Å². The molecular formula is C11H14ClF2N. The van der Waals surface area contributed by atoms with E-state index in [0.29, 0.717) is 10.6 Å². The molecule has 0 amide bonds. The standard InChI is InChI=1S/C11H14ClF2N/c1-8(15-2)11(13,14)7-9-5-3-4-6-10(9)12/h3-6,8,15H,7H2,1-2H3. The molecule has 4 heteroatoms. The fraction of sp³-hybridized carbons (Fsp3) is 0.455. The maximum atomic E-state index is 13.6. The van der Waals surface area contributed by atoms with Crippen LogP contribution in [-0.4, -0.2) is 19.0 Å². The summed E-state index contributed by atoms with van der Waals surface area (Å²) in [7, 11) is 1.52. The topological polar surface area (TPSA) is 12.0 Å². The highest BCUT2D eigenvalue weighted by atomic mass is 35.5. The van der Waals surface area contributed by atoms with E-state index in [1.807, 2.05) is 0 Å². The van der Waals surface area contributed by atoms with Gasteiger partial charge in [0.2, 0.25) is 0 Å². The lowest BCUT2D eigenvalue weighted by Crippen LogP contribution is -2.42. The Bertz CT molecular complexity index is 328. The van der Waals surface area contributed by atoms with Gasteiger partial charge >= 0.3 is 0 Å². The first-order valence-corrected chi connectivity index (χ1v) is 5.13. The molecule has 0 saturated carbocycles. The predicted octanol–water partition coefficient (Wildman–Crippen LogP) is 3.13. The summed E-state index contributed by atoms with van der Waals surface area (Å²) in [5, 5.41) is 2.94. The van der Waals surface area contributed by atoms with E-state index >= 15 is 0 Å². The van der Waals surface area contributed by atoms with Gasteiger partial charge in [0.15, 0.2) is 0 Å². The van der Waals surface area contributed by atoms with Crippen molar-refractivity contribution in [2.45, 2.75) is 25.3 Å². The Kier molecular flexibility index (Phi) is 4.05. The van der Waals surface area contributed by atoms with Gasteiger partial charge in [-0.3, -0.25) is 0 Å². The molecule has 0 saturated heterocycles. The molecule has 1 rings (SSSR count). The number of hydrogen-bond acceptors (Lipinski definition) is 1. The number of benzene rings is 1. The molecule has 1 nitrogen and oxygen atoms in total. The zero-order chi connectivity index (χ0) is 11.5. The molecule has 0 fully saturated rings. The van der Waals surface area contributed by atoms with E-state index in [1.54, 1.807) is 24.3 Å². The maximum Gasteiger partial charge on any atom is 0.266 e. The normalized spacial score (nSPS) is 13.9. The van der Waals surface area contributed by atoms with Gasteiger partial charge in [-0.25, -0.2) is 8.78 Å². The van der Waals surface area contributed by atoms with Crippen molar-refractivity contribution in [2.75, 3.05) is 7.05 Å².